The first kappa shape index (κ1) is 19.6. The Hall–Kier alpha value is -3.15. The summed E-state index contributed by atoms with van der Waals surface area (Å²) in [6.07, 6.45) is 4.81. The Balaban J connectivity index is 2.10. The van der Waals surface area contributed by atoms with Crippen LogP contribution in [0.5, 0.6) is 5.75 Å². The number of amides is 1. The molecule has 6 nitrogen and oxygen atoms in total. The van der Waals surface area contributed by atoms with Crippen molar-refractivity contribution in [1.29, 1.82) is 0 Å². The molecule has 1 aromatic heterocycles. The van der Waals surface area contributed by atoms with Gasteiger partial charge in [-0.2, -0.15) is 0 Å². The molecule has 1 aliphatic rings. The van der Waals surface area contributed by atoms with Crippen LogP contribution < -0.4 is 4.74 Å². The van der Waals surface area contributed by atoms with E-state index in [1.807, 2.05) is 13.8 Å². The lowest BCUT2D eigenvalue weighted by Crippen LogP contribution is -2.30. The summed E-state index contributed by atoms with van der Waals surface area (Å²) < 4.78 is 5.62. The molecule has 146 valence electrons. The van der Waals surface area contributed by atoms with Crippen molar-refractivity contribution in [2.45, 2.75) is 32.7 Å². The summed E-state index contributed by atoms with van der Waals surface area (Å²) in [5, 5.41) is 11.0. The Kier molecular flexibility index (Phi) is 6.09. The fourth-order valence-corrected chi connectivity index (χ4v) is 3.34. The first-order chi connectivity index (χ1) is 13.6. The van der Waals surface area contributed by atoms with E-state index in [1.54, 1.807) is 48.8 Å². The maximum atomic E-state index is 12.8. The molecule has 0 aliphatic carbocycles. The van der Waals surface area contributed by atoms with E-state index in [9.17, 15) is 14.7 Å². The van der Waals surface area contributed by atoms with E-state index in [1.165, 1.54) is 4.90 Å². The minimum absolute atomic E-state index is 0.0825. The van der Waals surface area contributed by atoms with Gasteiger partial charge in [0.1, 0.15) is 11.5 Å². The topological polar surface area (TPSA) is 79.7 Å². The summed E-state index contributed by atoms with van der Waals surface area (Å²) in [5.41, 5.74) is 1.21. The highest BCUT2D eigenvalue weighted by Crippen LogP contribution is 2.39. The molecule has 1 aromatic carbocycles. The number of hydrogen-bond acceptors (Lipinski definition) is 5. The van der Waals surface area contributed by atoms with Crippen molar-refractivity contribution < 1.29 is 19.4 Å². The molecule has 1 saturated heterocycles. The van der Waals surface area contributed by atoms with Crippen LogP contribution >= 0.6 is 0 Å². The number of aliphatic hydroxyl groups is 1. The molecule has 1 unspecified atom stereocenters. The number of ketones is 1. The van der Waals surface area contributed by atoms with E-state index < -0.39 is 17.7 Å². The molecule has 2 heterocycles. The Labute approximate surface area is 164 Å². The smallest absolute Gasteiger partial charge is 0.295 e. The lowest BCUT2D eigenvalue weighted by molar-refractivity contribution is -0.139. The molecule has 1 amide bonds. The van der Waals surface area contributed by atoms with Crippen LogP contribution in [-0.2, 0) is 9.59 Å². The van der Waals surface area contributed by atoms with Crippen molar-refractivity contribution in [2.75, 3.05) is 13.2 Å². The number of hydrogen-bond donors (Lipinski definition) is 1. The van der Waals surface area contributed by atoms with Crippen LogP contribution in [0.25, 0.3) is 5.76 Å². The molecule has 1 N–H and O–H groups in total. The van der Waals surface area contributed by atoms with Crippen LogP contribution in [0.15, 0.2) is 54.4 Å². The molecule has 0 saturated carbocycles. The normalized spacial score (nSPS) is 18.5. The fraction of sp³-hybridized carbons (Fsp3) is 0.318. The van der Waals surface area contributed by atoms with Crippen molar-refractivity contribution in [1.82, 2.24) is 9.88 Å². The molecule has 0 bridgehead atoms. The summed E-state index contributed by atoms with van der Waals surface area (Å²) in [7, 11) is 0. The molecule has 1 atom stereocenters. The maximum absolute atomic E-state index is 12.8. The summed E-state index contributed by atoms with van der Waals surface area (Å²) in [5.74, 6) is -0.880. The monoisotopic (exact) mass is 380 g/mol. The number of aromatic nitrogens is 1. The number of ether oxygens (including phenoxy) is 1. The molecule has 1 fully saturated rings. The summed E-state index contributed by atoms with van der Waals surface area (Å²) in [4.78, 5) is 31.0. The average Bonchev–Trinajstić information content (AvgIpc) is 2.98. The van der Waals surface area contributed by atoms with Gasteiger partial charge in [0.05, 0.1) is 18.2 Å². The van der Waals surface area contributed by atoms with Crippen LogP contribution in [0.1, 0.15) is 43.9 Å². The van der Waals surface area contributed by atoms with E-state index >= 15 is 0 Å². The lowest BCUT2D eigenvalue weighted by atomic mass is 9.96. The Morgan fingerprint density at radius 1 is 1.18 bits per heavy atom. The number of benzene rings is 1. The van der Waals surface area contributed by atoms with Crippen LogP contribution in [0.4, 0.5) is 0 Å². The molecule has 0 spiro atoms. The van der Waals surface area contributed by atoms with Gasteiger partial charge in [0.25, 0.3) is 11.7 Å². The second kappa shape index (κ2) is 8.69. The summed E-state index contributed by atoms with van der Waals surface area (Å²) in [6, 6.07) is 9.82. The van der Waals surface area contributed by atoms with Gasteiger partial charge in [-0.3, -0.25) is 14.6 Å². The Morgan fingerprint density at radius 2 is 2.00 bits per heavy atom. The summed E-state index contributed by atoms with van der Waals surface area (Å²) >= 11 is 0. The number of carbonyl (C=O) groups is 2. The number of aliphatic hydroxyl groups excluding tert-OH is 1. The number of nitrogens with zero attached hydrogens (tertiary/aromatic N) is 2. The van der Waals surface area contributed by atoms with E-state index in [4.69, 9.17) is 4.74 Å². The van der Waals surface area contributed by atoms with Crippen molar-refractivity contribution in [3.05, 3.63) is 65.5 Å². The SMILES string of the molecule is CCCOc1cccc(/C(O)=C2/C(=O)C(=O)N(CCC)C2c2cccnc2)c1. The van der Waals surface area contributed by atoms with Crippen molar-refractivity contribution in [3.63, 3.8) is 0 Å². The molecule has 0 radical (unpaired) electrons. The first-order valence-electron chi connectivity index (χ1n) is 9.50. The largest absolute Gasteiger partial charge is 0.507 e. The minimum Gasteiger partial charge on any atom is -0.507 e. The van der Waals surface area contributed by atoms with Gasteiger partial charge < -0.3 is 14.7 Å². The van der Waals surface area contributed by atoms with E-state index in [2.05, 4.69) is 4.98 Å². The Morgan fingerprint density at radius 3 is 2.68 bits per heavy atom. The zero-order valence-corrected chi connectivity index (χ0v) is 16.1. The molecule has 28 heavy (non-hydrogen) atoms. The number of likely N-dealkylation sites (tertiary alicyclic amines) is 1. The highest BCUT2D eigenvalue weighted by atomic mass is 16.5. The molecule has 1 aliphatic heterocycles. The van der Waals surface area contributed by atoms with Gasteiger partial charge in [-0.25, -0.2) is 0 Å². The van der Waals surface area contributed by atoms with E-state index in [0.717, 1.165) is 6.42 Å². The molecular weight excluding hydrogens is 356 g/mol. The van der Waals surface area contributed by atoms with Crippen LogP contribution in [-0.4, -0.2) is 39.8 Å². The van der Waals surface area contributed by atoms with E-state index in [-0.39, 0.29) is 11.3 Å². The number of Topliss-reactive ketones (excluding diaryl/α,β-unsaturated/α-hetero) is 1. The molecular formula is C22H24N2O4. The third kappa shape index (κ3) is 3.76. The fourth-order valence-electron chi connectivity index (χ4n) is 3.34. The van der Waals surface area contributed by atoms with Gasteiger partial charge >= 0.3 is 0 Å². The van der Waals surface area contributed by atoms with Crippen molar-refractivity contribution in [3.8, 4) is 5.75 Å². The number of carbonyl (C=O) groups excluding carboxylic acids is 2. The van der Waals surface area contributed by atoms with Crippen LogP contribution in [0, 0.1) is 0 Å². The van der Waals surface area contributed by atoms with E-state index in [0.29, 0.717) is 36.4 Å². The highest BCUT2D eigenvalue weighted by molar-refractivity contribution is 6.46. The van der Waals surface area contributed by atoms with Gasteiger partial charge in [0, 0.05) is 24.5 Å². The molecule has 6 heteroatoms. The van der Waals surface area contributed by atoms with Gasteiger partial charge in [-0.05, 0) is 36.6 Å². The average molecular weight is 380 g/mol. The summed E-state index contributed by atoms with van der Waals surface area (Å²) in [6.45, 7) is 4.92. The minimum atomic E-state index is -0.681. The second-order valence-corrected chi connectivity index (χ2v) is 6.66. The van der Waals surface area contributed by atoms with Crippen LogP contribution in [0.2, 0.25) is 0 Å². The first-order valence-corrected chi connectivity index (χ1v) is 9.50. The van der Waals surface area contributed by atoms with Crippen LogP contribution in [0.3, 0.4) is 0 Å². The third-order valence-electron chi connectivity index (χ3n) is 4.58. The predicted octanol–water partition coefficient (Wildman–Crippen LogP) is 3.70. The quantitative estimate of drug-likeness (QED) is 0.450. The molecule has 3 rings (SSSR count). The number of rotatable bonds is 7. The van der Waals surface area contributed by atoms with Gasteiger partial charge in [-0.1, -0.05) is 32.0 Å². The highest BCUT2D eigenvalue weighted by Gasteiger charge is 2.45. The van der Waals surface area contributed by atoms with Crippen molar-refractivity contribution >= 4 is 17.4 Å². The Bertz CT molecular complexity index is 892. The molecule has 2 aromatic rings. The zero-order valence-electron chi connectivity index (χ0n) is 16.1. The van der Waals surface area contributed by atoms with Crippen molar-refractivity contribution in [2.24, 2.45) is 0 Å². The standard InChI is InChI=1S/C22H24N2O4/c1-3-11-24-19(16-8-6-10-23-14-16)18(21(26)22(24)27)20(25)15-7-5-9-17(13-15)28-12-4-2/h5-10,13-14,19,25H,3-4,11-12H2,1-2H3/b20-18-. The predicted molar refractivity (Wildman–Crippen MR) is 106 cm³/mol. The van der Waals surface area contributed by atoms with Gasteiger partial charge in [0.15, 0.2) is 0 Å². The lowest BCUT2D eigenvalue weighted by Gasteiger charge is -2.24. The van der Waals surface area contributed by atoms with Gasteiger partial charge in [-0.15, -0.1) is 0 Å². The van der Waals surface area contributed by atoms with Gasteiger partial charge in [0.2, 0.25) is 0 Å². The maximum Gasteiger partial charge on any atom is 0.295 e. The zero-order chi connectivity index (χ0) is 20.1. The third-order valence-corrected chi connectivity index (χ3v) is 4.58. The second-order valence-electron chi connectivity index (χ2n) is 6.66. The number of pyridine rings is 1.